The van der Waals surface area contributed by atoms with Gasteiger partial charge in [0, 0.05) is 31.5 Å². The molecule has 1 heterocycles. The van der Waals surface area contributed by atoms with Gasteiger partial charge in [-0.05, 0) is 67.9 Å². The fraction of sp³-hybridized carbons (Fsp3) is 0.286. The number of aromatic nitrogens is 2. The zero-order valence-electron chi connectivity index (χ0n) is 16.2. The Morgan fingerprint density at radius 3 is 2.79 bits per heavy atom. The molecule has 7 heteroatoms. The highest BCUT2D eigenvalue weighted by Gasteiger charge is 2.12. The van der Waals surface area contributed by atoms with Gasteiger partial charge in [-0.15, -0.1) is 0 Å². The van der Waals surface area contributed by atoms with Crippen molar-refractivity contribution in [2.75, 3.05) is 19.0 Å². The summed E-state index contributed by atoms with van der Waals surface area (Å²) in [6.07, 6.45) is 0.690. The van der Waals surface area contributed by atoms with Crippen LogP contribution in [0.25, 0.3) is 10.9 Å². The highest BCUT2D eigenvalue weighted by Crippen LogP contribution is 2.19. The Kier molecular flexibility index (Phi) is 6.06. The topological polar surface area (TPSA) is 76.1 Å². The van der Waals surface area contributed by atoms with Crippen molar-refractivity contribution in [3.05, 3.63) is 68.2 Å². The van der Waals surface area contributed by atoms with E-state index in [4.69, 9.17) is 17.0 Å². The average molecular weight is 398 g/mol. The van der Waals surface area contributed by atoms with Gasteiger partial charge in [0.2, 0.25) is 0 Å². The minimum absolute atomic E-state index is 0.170. The lowest BCUT2D eigenvalue weighted by molar-refractivity contribution is 0.102. The van der Waals surface area contributed by atoms with Crippen molar-refractivity contribution < 1.29 is 9.53 Å². The molecule has 0 unspecified atom stereocenters. The predicted molar refractivity (Wildman–Crippen MR) is 114 cm³/mol. The maximum atomic E-state index is 12.7. The minimum Gasteiger partial charge on any atom is -0.385 e. The number of nitrogens with zero attached hydrogens (tertiary/aromatic N) is 1. The van der Waals surface area contributed by atoms with E-state index in [1.54, 1.807) is 25.3 Å². The lowest BCUT2D eigenvalue weighted by Gasteiger charge is -2.11. The van der Waals surface area contributed by atoms with Crippen LogP contribution in [0.3, 0.4) is 0 Å². The molecule has 0 aliphatic carbocycles. The van der Waals surface area contributed by atoms with Crippen LogP contribution in [-0.4, -0.2) is 29.2 Å². The van der Waals surface area contributed by atoms with E-state index in [9.17, 15) is 9.59 Å². The SMILES string of the molecule is COCCCn1c(=S)[nH]c2cc(C(=O)Nc3cccc(C)c3C)ccc2c1=O. The van der Waals surface area contributed by atoms with Crippen molar-refractivity contribution in [1.29, 1.82) is 0 Å². The van der Waals surface area contributed by atoms with Gasteiger partial charge >= 0.3 is 0 Å². The summed E-state index contributed by atoms with van der Waals surface area (Å²) in [4.78, 5) is 28.5. The number of anilines is 1. The fourth-order valence-corrected chi connectivity index (χ4v) is 3.33. The summed E-state index contributed by atoms with van der Waals surface area (Å²) in [6.45, 7) is 5.00. The summed E-state index contributed by atoms with van der Waals surface area (Å²) < 4.78 is 6.89. The highest BCUT2D eigenvalue weighted by molar-refractivity contribution is 7.71. The highest BCUT2D eigenvalue weighted by atomic mass is 32.1. The van der Waals surface area contributed by atoms with Crippen molar-refractivity contribution in [1.82, 2.24) is 9.55 Å². The van der Waals surface area contributed by atoms with Crippen LogP contribution in [0, 0.1) is 18.6 Å². The second kappa shape index (κ2) is 8.50. The Hall–Kier alpha value is -2.77. The molecule has 0 radical (unpaired) electrons. The molecule has 146 valence electrons. The Morgan fingerprint density at radius 1 is 1.25 bits per heavy atom. The number of H-pyrrole nitrogens is 1. The standard InChI is InChI=1S/C21H23N3O3S/c1-13-6-4-7-17(14(13)2)22-19(25)15-8-9-16-18(12-15)23-21(28)24(20(16)26)10-5-11-27-3/h4,6-9,12H,5,10-11H2,1-3H3,(H,22,25)(H,23,28). The van der Waals surface area contributed by atoms with Gasteiger partial charge in [0.25, 0.3) is 11.5 Å². The Morgan fingerprint density at radius 2 is 2.04 bits per heavy atom. The van der Waals surface area contributed by atoms with Crippen molar-refractivity contribution in [2.45, 2.75) is 26.8 Å². The third-order valence-electron chi connectivity index (χ3n) is 4.83. The average Bonchev–Trinajstić information content (AvgIpc) is 2.67. The molecule has 0 aliphatic rings. The second-order valence-corrected chi connectivity index (χ2v) is 7.08. The molecule has 0 aliphatic heterocycles. The first-order chi connectivity index (χ1) is 13.4. The Balaban J connectivity index is 1.93. The number of ether oxygens (including phenoxy) is 1. The predicted octanol–water partition coefficient (Wildman–Crippen LogP) is 3.96. The van der Waals surface area contributed by atoms with E-state index in [-0.39, 0.29) is 11.5 Å². The molecule has 1 aromatic heterocycles. The van der Waals surface area contributed by atoms with Crippen molar-refractivity contribution >= 4 is 34.7 Å². The summed E-state index contributed by atoms with van der Waals surface area (Å²) >= 11 is 5.33. The molecule has 3 aromatic rings. The largest absolute Gasteiger partial charge is 0.385 e. The zero-order chi connectivity index (χ0) is 20.3. The minimum atomic E-state index is -0.237. The molecule has 2 aromatic carbocycles. The number of aromatic amines is 1. The molecular formula is C21H23N3O3S. The van der Waals surface area contributed by atoms with Crippen molar-refractivity contribution in [3.8, 4) is 0 Å². The number of aryl methyl sites for hydroxylation is 1. The first-order valence-electron chi connectivity index (χ1n) is 9.05. The van der Waals surface area contributed by atoms with E-state index in [0.29, 0.717) is 40.8 Å². The third kappa shape index (κ3) is 4.05. The molecular weight excluding hydrogens is 374 g/mol. The lowest BCUT2D eigenvalue weighted by Crippen LogP contribution is -2.23. The number of hydrogen-bond donors (Lipinski definition) is 2. The second-order valence-electron chi connectivity index (χ2n) is 6.70. The van der Waals surface area contributed by atoms with Crippen LogP contribution in [0.4, 0.5) is 5.69 Å². The van der Waals surface area contributed by atoms with E-state index < -0.39 is 0 Å². The molecule has 1 amide bonds. The molecule has 0 spiro atoms. The zero-order valence-corrected chi connectivity index (χ0v) is 17.0. The number of benzene rings is 2. The van der Waals surface area contributed by atoms with Gasteiger partial charge in [-0.1, -0.05) is 12.1 Å². The summed E-state index contributed by atoms with van der Waals surface area (Å²) in [7, 11) is 1.62. The van der Waals surface area contributed by atoms with E-state index in [0.717, 1.165) is 16.8 Å². The lowest BCUT2D eigenvalue weighted by atomic mass is 10.1. The summed E-state index contributed by atoms with van der Waals surface area (Å²) in [5.41, 5.74) is 3.73. The molecule has 0 saturated carbocycles. The van der Waals surface area contributed by atoms with E-state index in [1.807, 2.05) is 32.0 Å². The molecule has 0 atom stereocenters. The van der Waals surface area contributed by atoms with E-state index in [2.05, 4.69) is 10.3 Å². The molecule has 0 fully saturated rings. The first kappa shape index (κ1) is 20.0. The number of nitrogens with one attached hydrogen (secondary N) is 2. The van der Waals surface area contributed by atoms with E-state index in [1.165, 1.54) is 4.57 Å². The smallest absolute Gasteiger partial charge is 0.262 e. The maximum Gasteiger partial charge on any atom is 0.262 e. The summed E-state index contributed by atoms with van der Waals surface area (Å²) in [5.74, 6) is -0.237. The van der Waals surface area contributed by atoms with Gasteiger partial charge in [0.1, 0.15) is 0 Å². The normalized spacial score (nSPS) is 11.0. The van der Waals surface area contributed by atoms with Crippen LogP contribution in [0.5, 0.6) is 0 Å². The summed E-state index contributed by atoms with van der Waals surface area (Å²) in [6, 6.07) is 10.7. The molecule has 3 rings (SSSR count). The maximum absolute atomic E-state index is 12.7. The Labute approximate surface area is 168 Å². The van der Waals surface area contributed by atoms with Gasteiger partial charge < -0.3 is 15.0 Å². The van der Waals surface area contributed by atoms with Crippen molar-refractivity contribution in [2.24, 2.45) is 0 Å². The number of amides is 1. The van der Waals surface area contributed by atoms with Crippen LogP contribution in [0.1, 0.15) is 27.9 Å². The van der Waals surface area contributed by atoms with Crippen LogP contribution in [0.2, 0.25) is 0 Å². The van der Waals surface area contributed by atoms with Crippen LogP contribution in [-0.2, 0) is 11.3 Å². The van der Waals surface area contributed by atoms with E-state index >= 15 is 0 Å². The number of fused-ring (bicyclic) bond motifs is 1. The van der Waals surface area contributed by atoms with Gasteiger partial charge in [-0.3, -0.25) is 14.2 Å². The number of hydrogen-bond acceptors (Lipinski definition) is 4. The molecule has 28 heavy (non-hydrogen) atoms. The Bertz CT molecular complexity index is 1150. The first-order valence-corrected chi connectivity index (χ1v) is 9.46. The fourth-order valence-electron chi connectivity index (χ4n) is 3.05. The van der Waals surface area contributed by atoms with Gasteiger partial charge in [0.05, 0.1) is 10.9 Å². The number of carbonyl (C=O) groups is 1. The quantitative estimate of drug-likeness (QED) is 0.488. The number of rotatable bonds is 6. The van der Waals surface area contributed by atoms with Crippen LogP contribution in [0.15, 0.2) is 41.2 Å². The molecule has 2 N–H and O–H groups in total. The molecule has 0 saturated heterocycles. The van der Waals surface area contributed by atoms with Gasteiger partial charge in [-0.25, -0.2) is 0 Å². The van der Waals surface area contributed by atoms with Gasteiger partial charge in [-0.2, -0.15) is 0 Å². The monoisotopic (exact) mass is 397 g/mol. The number of carbonyl (C=O) groups excluding carboxylic acids is 1. The molecule has 6 nitrogen and oxygen atoms in total. The summed E-state index contributed by atoms with van der Waals surface area (Å²) in [5, 5.41) is 3.43. The van der Waals surface area contributed by atoms with Crippen LogP contribution < -0.4 is 10.9 Å². The van der Waals surface area contributed by atoms with Crippen LogP contribution >= 0.6 is 12.2 Å². The van der Waals surface area contributed by atoms with Crippen molar-refractivity contribution in [3.63, 3.8) is 0 Å². The number of methoxy groups -OCH3 is 1. The third-order valence-corrected chi connectivity index (χ3v) is 5.15. The molecule has 0 bridgehead atoms. The van der Waals surface area contributed by atoms with Gasteiger partial charge in [0.15, 0.2) is 4.77 Å².